The number of hydrogen-bond acceptors (Lipinski definition) is 8. The van der Waals surface area contributed by atoms with Crippen LogP contribution in [-0.2, 0) is 16.8 Å². The Labute approximate surface area is 200 Å². The molecular formula is C21H23ClN6O3S2. The average molecular weight is 507 g/mol. The van der Waals surface area contributed by atoms with Crippen molar-refractivity contribution < 1.29 is 13.2 Å². The van der Waals surface area contributed by atoms with Crippen molar-refractivity contribution in [2.24, 2.45) is 0 Å². The van der Waals surface area contributed by atoms with Gasteiger partial charge in [-0.3, -0.25) is 0 Å². The van der Waals surface area contributed by atoms with Crippen LogP contribution in [0.1, 0.15) is 12.5 Å². The zero-order chi connectivity index (χ0) is 23.3. The maximum absolute atomic E-state index is 12.9. The Morgan fingerprint density at radius 1 is 1.18 bits per heavy atom. The summed E-state index contributed by atoms with van der Waals surface area (Å²) in [6.45, 7) is 4.65. The number of para-hydroxylation sites is 1. The number of rotatable bonds is 11. The van der Waals surface area contributed by atoms with Crippen molar-refractivity contribution in [2.45, 2.75) is 13.5 Å². The monoisotopic (exact) mass is 506 g/mol. The molecule has 0 unspecified atom stereocenters. The Morgan fingerprint density at radius 2 is 2.03 bits per heavy atom. The maximum atomic E-state index is 12.9. The number of nitrogens with zero attached hydrogens (tertiary/aromatic N) is 3. The number of nitrogens with one attached hydrogen (secondary N) is 3. The zero-order valence-electron chi connectivity index (χ0n) is 17.8. The summed E-state index contributed by atoms with van der Waals surface area (Å²) < 4.78 is 35.2. The normalized spacial score (nSPS) is 11.6. The molecule has 0 amide bonds. The fourth-order valence-corrected chi connectivity index (χ4v) is 5.19. The van der Waals surface area contributed by atoms with E-state index in [-0.39, 0.29) is 17.6 Å². The summed E-state index contributed by atoms with van der Waals surface area (Å²) in [5.41, 5.74) is 2.12. The van der Waals surface area contributed by atoms with Gasteiger partial charge in [0, 0.05) is 40.9 Å². The molecule has 0 aliphatic rings. The predicted molar refractivity (Wildman–Crippen MR) is 133 cm³/mol. The van der Waals surface area contributed by atoms with Crippen LogP contribution in [0.5, 0.6) is 5.88 Å². The number of fused-ring (bicyclic) bond motifs is 1. The third-order valence-corrected chi connectivity index (χ3v) is 6.94. The first-order chi connectivity index (χ1) is 16.0. The minimum absolute atomic E-state index is 0.182. The molecule has 4 rings (SSSR count). The van der Waals surface area contributed by atoms with Gasteiger partial charge < -0.3 is 15.4 Å². The molecule has 2 heterocycles. The lowest BCUT2D eigenvalue weighted by molar-refractivity contribution is 0.296. The van der Waals surface area contributed by atoms with Gasteiger partial charge >= 0.3 is 10.2 Å². The number of aromatic nitrogens is 3. The van der Waals surface area contributed by atoms with Crippen LogP contribution >= 0.6 is 22.9 Å². The molecule has 2 aromatic carbocycles. The number of thiazole rings is 1. The van der Waals surface area contributed by atoms with E-state index in [4.69, 9.17) is 16.3 Å². The molecule has 2 aromatic heterocycles. The van der Waals surface area contributed by atoms with E-state index in [1.165, 1.54) is 17.5 Å². The van der Waals surface area contributed by atoms with E-state index < -0.39 is 10.2 Å². The smallest absolute Gasteiger partial charge is 0.345 e. The second-order valence-corrected chi connectivity index (χ2v) is 9.81. The van der Waals surface area contributed by atoms with E-state index in [0.717, 1.165) is 35.0 Å². The molecule has 0 atom stereocenters. The van der Waals surface area contributed by atoms with E-state index in [9.17, 15) is 8.42 Å². The van der Waals surface area contributed by atoms with Gasteiger partial charge in [-0.25, -0.2) is 9.71 Å². The fraction of sp³-hybridized carbons (Fsp3) is 0.238. The third kappa shape index (κ3) is 5.56. The first-order valence-electron chi connectivity index (χ1n) is 10.2. The topological polar surface area (TPSA) is 110 Å². The molecule has 9 nitrogen and oxygen atoms in total. The van der Waals surface area contributed by atoms with Crippen molar-refractivity contribution in [2.75, 3.05) is 29.7 Å². The SMILES string of the molecule is CCNCCNc1cc(Cl)ccc1COc1nn(S(=O)(=O)Nc2nccs2)c2ccccc12. The molecule has 3 N–H and O–H groups in total. The van der Waals surface area contributed by atoms with Crippen LogP contribution in [0, 0.1) is 0 Å². The van der Waals surface area contributed by atoms with Gasteiger partial charge in [0.2, 0.25) is 5.88 Å². The molecule has 12 heteroatoms. The molecular weight excluding hydrogens is 484 g/mol. The summed E-state index contributed by atoms with van der Waals surface area (Å²) in [4.78, 5) is 3.98. The van der Waals surface area contributed by atoms with Crippen molar-refractivity contribution in [1.29, 1.82) is 0 Å². The van der Waals surface area contributed by atoms with Crippen LogP contribution < -0.4 is 20.1 Å². The van der Waals surface area contributed by atoms with Crippen molar-refractivity contribution in [3.8, 4) is 5.88 Å². The number of halogens is 1. The first kappa shape index (κ1) is 23.3. The van der Waals surface area contributed by atoms with Gasteiger partial charge in [0.15, 0.2) is 5.13 Å². The Hall–Kier alpha value is -2.86. The van der Waals surface area contributed by atoms with Crippen molar-refractivity contribution in [1.82, 2.24) is 19.5 Å². The quantitative estimate of drug-likeness (QED) is 0.264. The van der Waals surface area contributed by atoms with Crippen LogP contribution in [0.3, 0.4) is 0 Å². The van der Waals surface area contributed by atoms with E-state index in [2.05, 4.69) is 32.4 Å². The standard InChI is InChI=1S/C21H23ClN6O3S2/c1-2-23-9-10-24-18-13-16(22)8-7-15(18)14-31-20-17-5-3-4-6-19(17)28(26-20)33(29,30)27-21-25-11-12-32-21/h3-8,11-13,23-24H,2,9-10,14H2,1H3,(H,25,27). The van der Waals surface area contributed by atoms with E-state index >= 15 is 0 Å². The van der Waals surface area contributed by atoms with Gasteiger partial charge in [0.05, 0.1) is 10.9 Å². The molecule has 4 aromatic rings. The predicted octanol–water partition coefficient (Wildman–Crippen LogP) is 3.95. The Kier molecular flexibility index (Phi) is 7.33. The van der Waals surface area contributed by atoms with Gasteiger partial charge in [-0.15, -0.1) is 20.5 Å². The van der Waals surface area contributed by atoms with E-state index in [0.29, 0.717) is 15.9 Å². The van der Waals surface area contributed by atoms with E-state index in [1.807, 2.05) is 12.1 Å². The summed E-state index contributed by atoms with van der Waals surface area (Å²) >= 11 is 7.35. The summed E-state index contributed by atoms with van der Waals surface area (Å²) in [5.74, 6) is 0.212. The van der Waals surface area contributed by atoms with Crippen molar-refractivity contribution in [3.63, 3.8) is 0 Å². The van der Waals surface area contributed by atoms with Gasteiger partial charge in [-0.05, 0) is 30.8 Å². The number of hydrogen-bond donors (Lipinski definition) is 3. The fourth-order valence-electron chi connectivity index (χ4n) is 3.18. The molecule has 33 heavy (non-hydrogen) atoms. The summed E-state index contributed by atoms with van der Waals surface area (Å²) in [6, 6.07) is 12.5. The van der Waals surface area contributed by atoms with Crippen LogP contribution in [-0.4, -0.2) is 42.2 Å². The molecule has 0 saturated heterocycles. The second kappa shape index (κ2) is 10.4. The minimum Gasteiger partial charge on any atom is -0.471 e. The van der Waals surface area contributed by atoms with Crippen molar-refractivity contribution >= 4 is 54.9 Å². The minimum atomic E-state index is -4.02. The summed E-state index contributed by atoms with van der Waals surface area (Å²) in [5, 5.41) is 14.0. The highest BCUT2D eigenvalue weighted by Gasteiger charge is 2.22. The van der Waals surface area contributed by atoms with Crippen LogP contribution in [0.25, 0.3) is 10.9 Å². The highest BCUT2D eigenvalue weighted by Crippen LogP contribution is 2.29. The lowest BCUT2D eigenvalue weighted by atomic mass is 10.2. The highest BCUT2D eigenvalue weighted by molar-refractivity contribution is 7.91. The van der Waals surface area contributed by atoms with Crippen LogP contribution in [0.2, 0.25) is 5.02 Å². The van der Waals surface area contributed by atoms with Crippen LogP contribution in [0.15, 0.2) is 54.0 Å². The van der Waals surface area contributed by atoms with E-state index in [1.54, 1.807) is 35.7 Å². The van der Waals surface area contributed by atoms with Crippen LogP contribution in [0.4, 0.5) is 10.8 Å². The maximum Gasteiger partial charge on any atom is 0.345 e. The number of ether oxygens (including phenoxy) is 1. The summed E-state index contributed by atoms with van der Waals surface area (Å²) in [6.07, 6.45) is 1.52. The Bertz CT molecular complexity index is 1330. The summed E-state index contributed by atoms with van der Waals surface area (Å²) in [7, 11) is -4.02. The molecule has 0 spiro atoms. The van der Waals surface area contributed by atoms with Gasteiger partial charge in [-0.2, -0.15) is 8.42 Å². The van der Waals surface area contributed by atoms with Gasteiger partial charge in [0.25, 0.3) is 0 Å². The first-order valence-corrected chi connectivity index (χ1v) is 12.9. The Balaban J connectivity index is 1.58. The lowest BCUT2D eigenvalue weighted by Crippen LogP contribution is -2.22. The average Bonchev–Trinajstić information content (AvgIpc) is 3.44. The Morgan fingerprint density at radius 3 is 2.82 bits per heavy atom. The van der Waals surface area contributed by atoms with Gasteiger partial charge in [0.1, 0.15) is 6.61 Å². The third-order valence-electron chi connectivity index (χ3n) is 4.70. The highest BCUT2D eigenvalue weighted by atomic mass is 35.5. The number of anilines is 2. The van der Waals surface area contributed by atoms with Gasteiger partial charge in [-0.1, -0.05) is 36.7 Å². The molecule has 0 saturated carbocycles. The zero-order valence-corrected chi connectivity index (χ0v) is 20.2. The number of benzene rings is 2. The lowest BCUT2D eigenvalue weighted by Gasteiger charge is -2.13. The molecule has 0 aliphatic carbocycles. The van der Waals surface area contributed by atoms with Crippen molar-refractivity contribution in [3.05, 3.63) is 64.6 Å². The molecule has 0 radical (unpaired) electrons. The molecule has 0 aliphatic heterocycles. The largest absolute Gasteiger partial charge is 0.471 e. The number of likely N-dealkylation sites (N-methyl/N-ethyl adjacent to an activating group) is 1. The molecule has 0 fully saturated rings. The molecule has 174 valence electrons. The second-order valence-electron chi connectivity index (χ2n) is 6.98. The molecule has 0 bridgehead atoms.